The maximum atomic E-state index is 5.99. The maximum absolute atomic E-state index is 5.99. The van der Waals surface area contributed by atoms with E-state index in [1.807, 2.05) is 32.2 Å². The van der Waals surface area contributed by atoms with Gasteiger partial charge in [0.2, 0.25) is 5.88 Å². The smallest absolute Gasteiger partial charge is 0.219 e. The number of aromatic nitrogens is 1. The fraction of sp³-hybridized carbons (Fsp3) is 0.353. The van der Waals surface area contributed by atoms with Gasteiger partial charge in [0.25, 0.3) is 0 Å². The van der Waals surface area contributed by atoms with Crippen LogP contribution in [0.15, 0.2) is 34.8 Å². The minimum atomic E-state index is 0.391. The second-order valence-electron chi connectivity index (χ2n) is 5.36. The molecule has 4 heteroatoms. The molecule has 0 aliphatic heterocycles. The molecule has 112 valence electrons. The molecule has 0 amide bonds. The Balaban J connectivity index is 2.28. The van der Waals surface area contributed by atoms with E-state index in [2.05, 4.69) is 52.2 Å². The highest BCUT2D eigenvalue weighted by molar-refractivity contribution is 9.10. The first-order valence-electron chi connectivity index (χ1n) is 7.09. The van der Waals surface area contributed by atoms with Crippen LogP contribution in [0.5, 0.6) is 11.6 Å². The number of rotatable bonds is 5. The molecule has 0 radical (unpaired) electrons. The Kier molecular flexibility index (Phi) is 5.37. The van der Waals surface area contributed by atoms with Crippen LogP contribution in [-0.2, 0) is 6.54 Å². The first-order valence-corrected chi connectivity index (χ1v) is 7.89. The molecule has 0 saturated carbocycles. The molecular weight excluding hydrogens is 328 g/mol. The molecule has 1 aromatic carbocycles. The van der Waals surface area contributed by atoms with Gasteiger partial charge in [-0.1, -0.05) is 35.8 Å². The SMILES string of the molecule is CNCc1ccc(Oc2ccc(Br)cc2C(C)C)nc1C. The molecule has 3 nitrogen and oxygen atoms in total. The van der Waals surface area contributed by atoms with Crippen LogP contribution in [-0.4, -0.2) is 12.0 Å². The summed E-state index contributed by atoms with van der Waals surface area (Å²) in [6.45, 7) is 7.13. The Morgan fingerprint density at radius 3 is 2.62 bits per heavy atom. The molecule has 2 rings (SSSR count). The number of nitrogens with zero attached hydrogens (tertiary/aromatic N) is 1. The lowest BCUT2D eigenvalue weighted by Gasteiger charge is -2.14. The fourth-order valence-corrected chi connectivity index (χ4v) is 2.56. The molecule has 0 spiro atoms. The van der Waals surface area contributed by atoms with E-state index >= 15 is 0 Å². The summed E-state index contributed by atoms with van der Waals surface area (Å²) in [6, 6.07) is 10.1. The van der Waals surface area contributed by atoms with Gasteiger partial charge in [0.15, 0.2) is 0 Å². The first kappa shape index (κ1) is 16.0. The van der Waals surface area contributed by atoms with Gasteiger partial charge in [-0.15, -0.1) is 0 Å². The zero-order chi connectivity index (χ0) is 15.4. The van der Waals surface area contributed by atoms with Gasteiger partial charge in [-0.25, -0.2) is 4.98 Å². The first-order chi connectivity index (χ1) is 10.0. The molecular formula is C17H21BrN2O. The van der Waals surface area contributed by atoms with Gasteiger partial charge in [0, 0.05) is 22.8 Å². The van der Waals surface area contributed by atoms with Crippen molar-refractivity contribution < 1.29 is 4.74 Å². The van der Waals surface area contributed by atoms with Gasteiger partial charge in [-0.2, -0.15) is 0 Å². The number of ether oxygens (including phenoxy) is 1. The van der Waals surface area contributed by atoms with E-state index in [-0.39, 0.29) is 0 Å². The largest absolute Gasteiger partial charge is 0.439 e. The molecule has 0 atom stereocenters. The van der Waals surface area contributed by atoms with Crippen molar-refractivity contribution in [2.24, 2.45) is 0 Å². The van der Waals surface area contributed by atoms with E-state index < -0.39 is 0 Å². The molecule has 0 aliphatic carbocycles. The summed E-state index contributed by atoms with van der Waals surface area (Å²) in [7, 11) is 1.93. The number of halogens is 1. The van der Waals surface area contributed by atoms with Crippen molar-refractivity contribution in [3.05, 3.63) is 51.6 Å². The van der Waals surface area contributed by atoms with E-state index in [0.29, 0.717) is 11.8 Å². The van der Waals surface area contributed by atoms with Gasteiger partial charge < -0.3 is 10.1 Å². The predicted octanol–water partition coefficient (Wildman–Crippen LogP) is 4.79. The highest BCUT2D eigenvalue weighted by atomic mass is 79.9. The second-order valence-corrected chi connectivity index (χ2v) is 6.28. The molecule has 0 aliphatic rings. The van der Waals surface area contributed by atoms with E-state index in [1.54, 1.807) is 0 Å². The molecule has 1 aromatic heterocycles. The molecule has 21 heavy (non-hydrogen) atoms. The molecule has 0 fully saturated rings. The summed E-state index contributed by atoms with van der Waals surface area (Å²) in [5.74, 6) is 1.89. The average molecular weight is 349 g/mol. The summed E-state index contributed by atoms with van der Waals surface area (Å²) >= 11 is 3.51. The van der Waals surface area contributed by atoms with Gasteiger partial charge >= 0.3 is 0 Å². The van der Waals surface area contributed by atoms with E-state index in [1.165, 1.54) is 11.1 Å². The van der Waals surface area contributed by atoms with Crippen LogP contribution < -0.4 is 10.1 Å². The average Bonchev–Trinajstić information content (AvgIpc) is 2.44. The number of nitrogens with one attached hydrogen (secondary N) is 1. The number of hydrogen-bond donors (Lipinski definition) is 1. The van der Waals surface area contributed by atoms with Gasteiger partial charge in [-0.3, -0.25) is 0 Å². The van der Waals surface area contributed by atoms with E-state index in [9.17, 15) is 0 Å². The number of pyridine rings is 1. The molecule has 1 N–H and O–H groups in total. The van der Waals surface area contributed by atoms with Crippen LogP contribution in [0.3, 0.4) is 0 Å². The maximum Gasteiger partial charge on any atom is 0.219 e. The highest BCUT2D eigenvalue weighted by Gasteiger charge is 2.11. The third kappa shape index (κ3) is 4.05. The Morgan fingerprint density at radius 1 is 1.24 bits per heavy atom. The Morgan fingerprint density at radius 2 is 2.00 bits per heavy atom. The minimum Gasteiger partial charge on any atom is -0.439 e. The van der Waals surface area contributed by atoms with Crippen LogP contribution in [0.25, 0.3) is 0 Å². The number of benzene rings is 1. The van der Waals surface area contributed by atoms with Crippen molar-refractivity contribution in [1.29, 1.82) is 0 Å². The van der Waals surface area contributed by atoms with Gasteiger partial charge in [-0.05, 0) is 49.2 Å². The summed E-state index contributed by atoms with van der Waals surface area (Å²) in [5.41, 5.74) is 3.35. The highest BCUT2D eigenvalue weighted by Crippen LogP contribution is 2.32. The van der Waals surface area contributed by atoms with E-state index in [0.717, 1.165) is 22.5 Å². The van der Waals surface area contributed by atoms with E-state index in [4.69, 9.17) is 4.74 Å². The predicted molar refractivity (Wildman–Crippen MR) is 90.0 cm³/mol. The summed E-state index contributed by atoms with van der Waals surface area (Å²) in [4.78, 5) is 4.54. The van der Waals surface area contributed by atoms with Crippen LogP contribution in [0, 0.1) is 6.92 Å². The van der Waals surface area contributed by atoms with Crippen molar-refractivity contribution in [3.8, 4) is 11.6 Å². The van der Waals surface area contributed by atoms with Crippen LogP contribution in [0.2, 0.25) is 0 Å². The van der Waals surface area contributed by atoms with Crippen molar-refractivity contribution >= 4 is 15.9 Å². The standard InChI is InChI=1S/C17H21BrN2O/c1-11(2)15-9-14(18)6-7-16(15)21-17-8-5-13(10-19-4)12(3)20-17/h5-9,11,19H,10H2,1-4H3. The normalized spacial score (nSPS) is 11.0. The van der Waals surface area contributed by atoms with Gasteiger partial charge in [0.1, 0.15) is 5.75 Å². The Labute approximate surface area is 134 Å². The van der Waals surface area contributed by atoms with Gasteiger partial charge in [0.05, 0.1) is 0 Å². The summed E-state index contributed by atoms with van der Waals surface area (Å²) in [6.07, 6.45) is 0. The quantitative estimate of drug-likeness (QED) is 0.843. The monoisotopic (exact) mass is 348 g/mol. The van der Waals surface area contributed by atoms with Crippen molar-refractivity contribution in [3.63, 3.8) is 0 Å². The summed E-state index contributed by atoms with van der Waals surface area (Å²) in [5, 5.41) is 3.14. The third-order valence-electron chi connectivity index (χ3n) is 3.35. The second kappa shape index (κ2) is 7.05. The third-order valence-corrected chi connectivity index (χ3v) is 3.84. The number of aryl methyl sites for hydroxylation is 1. The molecule has 0 unspecified atom stereocenters. The minimum absolute atomic E-state index is 0.391. The Bertz CT molecular complexity index is 626. The van der Waals surface area contributed by atoms with Crippen LogP contribution in [0.1, 0.15) is 36.6 Å². The van der Waals surface area contributed by atoms with Crippen LogP contribution >= 0.6 is 15.9 Å². The lowest BCUT2D eigenvalue weighted by molar-refractivity contribution is 0.452. The van der Waals surface area contributed by atoms with Crippen molar-refractivity contribution in [2.75, 3.05) is 7.05 Å². The molecule has 1 heterocycles. The summed E-state index contributed by atoms with van der Waals surface area (Å²) < 4.78 is 7.05. The lowest BCUT2D eigenvalue weighted by Crippen LogP contribution is -2.07. The fourth-order valence-electron chi connectivity index (χ4n) is 2.18. The lowest BCUT2D eigenvalue weighted by atomic mass is 10.0. The molecule has 2 aromatic rings. The van der Waals surface area contributed by atoms with Crippen LogP contribution in [0.4, 0.5) is 0 Å². The topological polar surface area (TPSA) is 34.1 Å². The van der Waals surface area contributed by atoms with Crippen molar-refractivity contribution in [2.45, 2.75) is 33.2 Å². The van der Waals surface area contributed by atoms with Crippen molar-refractivity contribution in [1.82, 2.24) is 10.3 Å². The Hall–Kier alpha value is -1.39. The molecule has 0 saturated heterocycles. The molecule has 0 bridgehead atoms. The number of hydrogen-bond acceptors (Lipinski definition) is 3. The zero-order valence-electron chi connectivity index (χ0n) is 12.9. The zero-order valence-corrected chi connectivity index (χ0v) is 14.5.